The van der Waals surface area contributed by atoms with Gasteiger partial charge in [0.15, 0.2) is 5.54 Å². The van der Waals surface area contributed by atoms with E-state index in [-0.39, 0.29) is 23.8 Å². The van der Waals surface area contributed by atoms with Crippen LogP contribution in [-0.4, -0.2) is 72.8 Å². The molecule has 8 nitrogen and oxygen atoms in total. The van der Waals surface area contributed by atoms with Crippen molar-refractivity contribution in [2.45, 2.75) is 31.7 Å². The quantitative estimate of drug-likeness (QED) is 0.210. The number of rotatable bonds is 11. The van der Waals surface area contributed by atoms with Gasteiger partial charge < -0.3 is 24.5 Å². The van der Waals surface area contributed by atoms with Crippen molar-refractivity contribution in [2.75, 3.05) is 45.2 Å². The van der Waals surface area contributed by atoms with Gasteiger partial charge in [-0.1, -0.05) is 44.2 Å². The van der Waals surface area contributed by atoms with Crippen LogP contribution in [0.4, 0.5) is 5.69 Å². The van der Waals surface area contributed by atoms with E-state index >= 15 is 0 Å². The first-order chi connectivity index (χ1) is 18.3. The summed E-state index contributed by atoms with van der Waals surface area (Å²) in [6, 6.07) is 13.8. The molecular weight excluding hydrogens is 482 g/mol. The molecule has 2 aliphatic heterocycles. The van der Waals surface area contributed by atoms with Crippen molar-refractivity contribution < 1.29 is 24.2 Å². The molecule has 8 heteroatoms. The number of Topliss-reactive ketones (excluding diaryl/α,β-unsaturated/α-hetero) is 1. The van der Waals surface area contributed by atoms with Gasteiger partial charge in [0, 0.05) is 24.2 Å². The third-order valence-corrected chi connectivity index (χ3v) is 7.03. The Kier molecular flexibility index (Phi) is 8.02. The van der Waals surface area contributed by atoms with Crippen LogP contribution < -0.4 is 9.64 Å². The van der Waals surface area contributed by atoms with E-state index in [0.29, 0.717) is 48.7 Å². The zero-order valence-corrected chi connectivity index (χ0v) is 22.3. The summed E-state index contributed by atoms with van der Waals surface area (Å²) in [6.45, 7) is 7.30. The molecule has 0 aliphatic carbocycles. The Labute approximate surface area is 223 Å². The van der Waals surface area contributed by atoms with Gasteiger partial charge >= 0.3 is 0 Å². The summed E-state index contributed by atoms with van der Waals surface area (Å²) in [7, 11) is 3.85. The molecule has 200 valence electrons. The zero-order chi connectivity index (χ0) is 27.4. The van der Waals surface area contributed by atoms with Crippen LogP contribution in [0.25, 0.3) is 5.76 Å². The van der Waals surface area contributed by atoms with Crippen molar-refractivity contribution in [3.63, 3.8) is 0 Å². The van der Waals surface area contributed by atoms with Gasteiger partial charge in [0.05, 0.1) is 11.3 Å². The molecule has 1 fully saturated rings. The molecule has 2 amide bonds. The number of ether oxygens (including phenoxy) is 1. The number of nitrogens with zero attached hydrogens (tertiary/aromatic N) is 3. The highest BCUT2D eigenvalue weighted by molar-refractivity contribution is 6.50. The van der Waals surface area contributed by atoms with Gasteiger partial charge in [0.2, 0.25) is 0 Å². The van der Waals surface area contributed by atoms with E-state index in [1.165, 1.54) is 4.90 Å². The number of carbonyl (C=O) groups excluding carboxylic acids is 3. The molecular formula is C30H35N3O5. The molecule has 0 radical (unpaired) electrons. The van der Waals surface area contributed by atoms with E-state index in [2.05, 4.69) is 6.58 Å². The van der Waals surface area contributed by atoms with Crippen molar-refractivity contribution in [1.29, 1.82) is 0 Å². The molecule has 1 spiro atoms. The topological polar surface area (TPSA) is 90.4 Å². The molecule has 0 aromatic heterocycles. The SMILES string of the molecule is C=CCOc1ccc(C(O)=C2C(=O)C(=O)N(CCCN(C)C)[C@@]23C(=O)N(CCCC)c2ccccc23)cc1. The molecule has 2 heterocycles. The van der Waals surface area contributed by atoms with E-state index in [1.54, 1.807) is 47.4 Å². The largest absolute Gasteiger partial charge is 0.507 e. The lowest BCUT2D eigenvalue weighted by Crippen LogP contribution is -2.52. The Morgan fingerprint density at radius 1 is 1.05 bits per heavy atom. The maximum absolute atomic E-state index is 14.4. The summed E-state index contributed by atoms with van der Waals surface area (Å²) in [4.78, 5) is 46.6. The fourth-order valence-corrected chi connectivity index (χ4v) is 5.26. The highest BCUT2D eigenvalue weighted by Gasteiger charge is 2.66. The molecule has 0 saturated carbocycles. The predicted molar refractivity (Wildman–Crippen MR) is 147 cm³/mol. The lowest BCUT2D eigenvalue weighted by atomic mass is 9.82. The highest BCUT2D eigenvalue weighted by atomic mass is 16.5. The molecule has 38 heavy (non-hydrogen) atoms. The van der Waals surface area contributed by atoms with Crippen LogP contribution in [0.5, 0.6) is 5.75 Å². The maximum atomic E-state index is 14.4. The number of anilines is 1. The second-order valence-electron chi connectivity index (χ2n) is 9.83. The molecule has 2 aromatic rings. The van der Waals surface area contributed by atoms with Crippen LogP contribution >= 0.6 is 0 Å². The summed E-state index contributed by atoms with van der Waals surface area (Å²) in [5, 5.41) is 11.6. The van der Waals surface area contributed by atoms with E-state index in [4.69, 9.17) is 4.74 Å². The van der Waals surface area contributed by atoms with Crippen LogP contribution in [0.3, 0.4) is 0 Å². The van der Waals surface area contributed by atoms with E-state index in [0.717, 1.165) is 12.8 Å². The number of likely N-dealkylation sites (tertiary alicyclic amines) is 1. The smallest absolute Gasteiger partial charge is 0.296 e. The van der Waals surface area contributed by atoms with Gasteiger partial charge in [-0.05, 0) is 63.8 Å². The van der Waals surface area contributed by atoms with E-state index in [1.807, 2.05) is 38.1 Å². The summed E-state index contributed by atoms with van der Waals surface area (Å²) in [5.74, 6) is -1.84. The van der Waals surface area contributed by atoms with Gasteiger partial charge in [0.25, 0.3) is 17.6 Å². The summed E-state index contributed by atoms with van der Waals surface area (Å²) in [6.07, 6.45) is 3.81. The normalized spacial score (nSPS) is 20.1. The average Bonchev–Trinajstić information content (AvgIpc) is 3.29. The second kappa shape index (κ2) is 11.2. The lowest BCUT2D eigenvalue weighted by Gasteiger charge is -2.34. The zero-order valence-electron chi connectivity index (χ0n) is 22.3. The van der Waals surface area contributed by atoms with Crippen molar-refractivity contribution in [1.82, 2.24) is 9.80 Å². The van der Waals surface area contributed by atoms with Crippen molar-refractivity contribution in [3.05, 3.63) is 77.9 Å². The maximum Gasteiger partial charge on any atom is 0.296 e. The number of benzene rings is 2. The minimum Gasteiger partial charge on any atom is -0.507 e. The second-order valence-corrected chi connectivity index (χ2v) is 9.83. The number of hydrogen-bond acceptors (Lipinski definition) is 6. The first kappa shape index (κ1) is 27.1. The van der Waals surface area contributed by atoms with Crippen molar-refractivity contribution in [3.8, 4) is 5.75 Å². The van der Waals surface area contributed by atoms with Crippen LogP contribution in [-0.2, 0) is 19.9 Å². The van der Waals surface area contributed by atoms with E-state index in [9.17, 15) is 19.5 Å². The van der Waals surface area contributed by atoms with Gasteiger partial charge in [-0.15, -0.1) is 0 Å². The fraction of sp³-hybridized carbons (Fsp3) is 0.367. The Morgan fingerprint density at radius 2 is 1.76 bits per heavy atom. The van der Waals surface area contributed by atoms with Gasteiger partial charge in [-0.3, -0.25) is 14.4 Å². The van der Waals surface area contributed by atoms with Gasteiger partial charge in [-0.2, -0.15) is 0 Å². The number of aliphatic hydroxyl groups excluding tert-OH is 1. The van der Waals surface area contributed by atoms with Crippen LogP contribution in [0.15, 0.2) is 66.8 Å². The predicted octanol–water partition coefficient (Wildman–Crippen LogP) is 3.93. The monoisotopic (exact) mass is 517 g/mol. The highest BCUT2D eigenvalue weighted by Crippen LogP contribution is 2.53. The number of ketones is 1. The molecule has 2 aliphatic rings. The molecule has 1 saturated heterocycles. The van der Waals surface area contributed by atoms with Gasteiger partial charge in [0.1, 0.15) is 18.1 Å². The Hall–Kier alpha value is -3.91. The number of fused-ring (bicyclic) bond motifs is 2. The van der Waals surface area contributed by atoms with Crippen LogP contribution in [0.1, 0.15) is 37.3 Å². The first-order valence-corrected chi connectivity index (χ1v) is 13.0. The summed E-state index contributed by atoms with van der Waals surface area (Å²) >= 11 is 0. The van der Waals surface area contributed by atoms with Crippen molar-refractivity contribution >= 4 is 29.0 Å². The molecule has 0 unspecified atom stereocenters. The Bertz CT molecular complexity index is 1270. The minimum absolute atomic E-state index is 0.190. The number of carbonyl (C=O) groups is 3. The standard InChI is InChI=1S/C30H35N3O5/c1-5-7-18-32-24-12-9-8-11-23(24)30(29(32)37)25(27(35)28(36)33(30)19-10-17-31(3)4)26(34)21-13-15-22(16-14-21)38-20-6-2/h6,8-9,11-16,34H,2,5,7,10,17-20H2,1,3-4H3/t30-/m1/s1. The average molecular weight is 518 g/mol. The number of unbranched alkanes of at least 4 members (excludes halogenated alkanes) is 1. The molecule has 2 aromatic carbocycles. The van der Waals surface area contributed by atoms with E-state index < -0.39 is 17.2 Å². The lowest BCUT2D eigenvalue weighted by molar-refractivity contribution is -0.143. The Morgan fingerprint density at radius 3 is 2.42 bits per heavy atom. The third-order valence-electron chi connectivity index (χ3n) is 7.03. The number of hydrogen-bond donors (Lipinski definition) is 1. The first-order valence-electron chi connectivity index (χ1n) is 13.0. The minimum atomic E-state index is -1.73. The molecule has 4 rings (SSSR count). The van der Waals surface area contributed by atoms with Crippen LogP contribution in [0.2, 0.25) is 0 Å². The molecule has 1 N–H and O–H groups in total. The number of aliphatic hydroxyl groups is 1. The van der Waals surface area contributed by atoms with Gasteiger partial charge in [-0.25, -0.2) is 0 Å². The molecule has 0 bridgehead atoms. The molecule has 1 atom stereocenters. The fourth-order valence-electron chi connectivity index (χ4n) is 5.26. The van der Waals surface area contributed by atoms with Crippen molar-refractivity contribution in [2.24, 2.45) is 0 Å². The van der Waals surface area contributed by atoms with Crippen LogP contribution in [0, 0.1) is 0 Å². The third kappa shape index (κ3) is 4.49. The number of para-hydroxylation sites is 1. The Balaban J connectivity index is 1.91. The summed E-state index contributed by atoms with van der Waals surface area (Å²) < 4.78 is 5.53. The summed E-state index contributed by atoms with van der Waals surface area (Å²) in [5.41, 5.74) is -0.406. The number of amides is 2.